The lowest BCUT2D eigenvalue weighted by atomic mass is 10.1. The first-order chi connectivity index (χ1) is 8.93. The maximum Gasteiger partial charge on any atom is 0.258 e. The third kappa shape index (κ3) is 4.87. The number of nitrogens with two attached hydrogens (primary N) is 1. The molecule has 0 aliphatic rings. The molecule has 1 amide bonds. The summed E-state index contributed by atoms with van der Waals surface area (Å²) in [4.78, 5) is 16.0. The van der Waals surface area contributed by atoms with Gasteiger partial charge in [0.05, 0.1) is 5.69 Å². The van der Waals surface area contributed by atoms with E-state index in [1.165, 1.54) is 0 Å². The summed E-state index contributed by atoms with van der Waals surface area (Å²) in [7, 11) is 0. The summed E-state index contributed by atoms with van der Waals surface area (Å²) in [6, 6.07) is 3.76. The van der Waals surface area contributed by atoms with Crippen molar-refractivity contribution >= 4 is 5.91 Å². The number of hydrogen-bond donors (Lipinski definition) is 2. The minimum absolute atomic E-state index is 0.0190. The summed E-state index contributed by atoms with van der Waals surface area (Å²) in [5.74, 6) is 0.829. The normalized spacial score (nSPS) is 12.3. The van der Waals surface area contributed by atoms with Crippen molar-refractivity contribution in [1.82, 2.24) is 10.3 Å². The molecule has 0 radical (unpaired) electrons. The molecule has 1 heterocycles. The van der Waals surface area contributed by atoms with Crippen LogP contribution in [0.5, 0.6) is 5.75 Å². The van der Waals surface area contributed by atoms with Crippen LogP contribution in [0.2, 0.25) is 0 Å². The highest BCUT2D eigenvalue weighted by Gasteiger charge is 2.12. The highest BCUT2D eigenvalue weighted by atomic mass is 16.5. The second-order valence-corrected chi connectivity index (χ2v) is 4.99. The van der Waals surface area contributed by atoms with Gasteiger partial charge in [0.25, 0.3) is 5.91 Å². The van der Waals surface area contributed by atoms with Gasteiger partial charge in [0.15, 0.2) is 6.61 Å². The lowest BCUT2D eigenvalue weighted by Gasteiger charge is -2.17. The van der Waals surface area contributed by atoms with Crippen LogP contribution in [0.15, 0.2) is 12.1 Å². The molecule has 1 rings (SSSR count). The molecule has 1 aromatic rings. The fraction of sp³-hybridized carbons (Fsp3) is 0.571. The Balaban J connectivity index is 2.55. The average Bonchev–Trinajstić information content (AvgIpc) is 2.36. The summed E-state index contributed by atoms with van der Waals surface area (Å²) in [6.07, 6.45) is 0. The summed E-state index contributed by atoms with van der Waals surface area (Å²) in [5.41, 5.74) is 7.15. The Kier molecular flexibility index (Phi) is 5.76. The second-order valence-electron chi connectivity index (χ2n) is 4.99. The Morgan fingerprint density at radius 3 is 2.68 bits per heavy atom. The van der Waals surface area contributed by atoms with Crippen LogP contribution >= 0.6 is 0 Å². The van der Waals surface area contributed by atoms with Crippen molar-refractivity contribution < 1.29 is 9.53 Å². The number of carbonyl (C=O) groups is 1. The number of aromatic nitrogens is 1. The van der Waals surface area contributed by atoms with Crippen LogP contribution in [0.1, 0.15) is 32.2 Å². The Morgan fingerprint density at radius 2 is 2.11 bits per heavy atom. The molecule has 19 heavy (non-hydrogen) atoms. The van der Waals surface area contributed by atoms with Crippen molar-refractivity contribution in [2.24, 2.45) is 11.7 Å². The van der Waals surface area contributed by atoms with Crippen LogP contribution in [0, 0.1) is 12.8 Å². The number of amides is 1. The maximum atomic E-state index is 11.7. The highest BCUT2D eigenvalue weighted by Crippen LogP contribution is 2.16. The summed E-state index contributed by atoms with van der Waals surface area (Å²) in [6.45, 7) is 8.25. The molecular formula is C14H23N3O2. The van der Waals surface area contributed by atoms with Gasteiger partial charge < -0.3 is 15.8 Å². The molecule has 0 aliphatic heterocycles. The molecule has 0 saturated heterocycles. The zero-order valence-electron chi connectivity index (χ0n) is 12.1. The van der Waals surface area contributed by atoms with E-state index < -0.39 is 0 Å². The zero-order valence-corrected chi connectivity index (χ0v) is 12.1. The van der Waals surface area contributed by atoms with Gasteiger partial charge in [-0.3, -0.25) is 9.78 Å². The monoisotopic (exact) mass is 265 g/mol. The second kappa shape index (κ2) is 7.09. The third-order valence-electron chi connectivity index (χ3n) is 3.01. The van der Waals surface area contributed by atoms with E-state index in [-0.39, 0.29) is 18.6 Å². The third-order valence-corrected chi connectivity index (χ3v) is 3.01. The minimum atomic E-state index is -0.134. The molecule has 0 fully saturated rings. The highest BCUT2D eigenvalue weighted by molar-refractivity contribution is 5.77. The lowest BCUT2D eigenvalue weighted by molar-refractivity contribution is -0.124. The first-order valence-electron chi connectivity index (χ1n) is 6.52. The molecule has 1 aromatic heterocycles. The first kappa shape index (κ1) is 15.4. The number of rotatable bonds is 6. The van der Waals surface area contributed by atoms with E-state index in [1.807, 2.05) is 19.9 Å². The van der Waals surface area contributed by atoms with Crippen molar-refractivity contribution in [2.45, 2.75) is 40.3 Å². The van der Waals surface area contributed by atoms with Crippen LogP contribution in [-0.2, 0) is 11.3 Å². The average molecular weight is 265 g/mol. The van der Waals surface area contributed by atoms with Gasteiger partial charge in [-0.1, -0.05) is 13.8 Å². The molecule has 106 valence electrons. The van der Waals surface area contributed by atoms with Crippen LogP contribution in [0.25, 0.3) is 0 Å². The largest absolute Gasteiger partial charge is 0.482 e. The van der Waals surface area contributed by atoms with Gasteiger partial charge >= 0.3 is 0 Å². The van der Waals surface area contributed by atoms with Gasteiger partial charge in [-0.25, -0.2) is 0 Å². The molecule has 5 heteroatoms. The number of nitrogens with one attached hydrogen (secondary N) is 1. The van der Waals surface area contributed by atoms with E-state index in [9.17, 15) is 4.79 Å². The molecule has 3 N–H and O–H groups in total. The Labute approximate surface area is 114 Å². The number of carbonyl (C=O) groups excluding carboxylic acids is 1. The Hall–Kier alpha value is -1.62. The number of hydrogen-bond acceptors (Lipinski definition) is 4. The van der Waals surface area contributed by atoms with E-state index in [1.54, 1.807) is 6.07 Å². The number of ether oxygens (including phenoxy) is 1. The standard InChI is InChI=1S/C14H23N3O2/c1-9(2)11(4)17-14(18)8-19-13-6-5-10(3)16-12(13)7-15/h5-6,9,11H,7-8,15H2,1-4H3,(H,17,18). The lowest BCUT2D eigenvalue weighted by Crippen LogP contribution is -2.39. The van der Waals surface area contributed by atoms with E-state index in [4.69, 9.17) is 10.5 Å². The van der Waals surface area contributed by atoms with Crippen molar-refractivity contribution in [2.75, 3.05) is 6.61 Å². The molecule has 0 spiro atoms. The molecule has 1 unspecified atom stereocenters. The first-order valence-corrected chi connectivity index (χ1v) is 6.52. The van der Waals surface area contributed by atoms with Crippen LogP contribution < -0.4 is 15.8 Å². The van der Waals surface area contributed by atoms with Gasteiger partial charge in [0.2, 0.25) is 0 Å². The Morgan fingerprint density at radius 1 is 1.42 bits per heavy atom. The zero-order chi connectivity index (χ0) is 14.4. The molecule has 1 atom stereocenters. The van der Waals surface area contributed by atoms with Crippen LogP contribution in [-0.4, -0.2) is 23.5 Å². The molecule has 0 bridgehead atoms. The van der Waals surface area contributed by atoms with Gasteiger partial charge in [-0.2, -0.15) is 0 Å². The van der Waals surface area contributed by atoms with Crippen LogP contribution in [0.3, 0.4) is 0 Å². The Bertz CT molecular complexity index is 433. The fourth-order valence-electron chi connectivity index (χ4n) is 1.48. The van der Waals surface area contributed by atoms with Gasteiger partial charge in [-0.05, 0) is 31.9 Å². The summed E-state index contributed by atoms with van der Waals surface area (Å²) < 4.78 is 5.47. The maximum absolute atomic E-state index is 11.7. The van der Waals surface area contributed by atoms with Gasteiger partial charge in [0, 0.05) is 18.3 Å². The van der Waals surface area contributed by atoms with E-state index in [0.717, 1.165) is 5.69 Å². The molecule has 0 aromatic carbocycles. The number of nitrogens with zero attached hydrogens (tertiary/aromatic N) is 1. The minimum Gasteiger partial charge on any atom is -0.482 e. The van der Waals surface area contributed by atoms with Crippen LogP contribution in [0.4, 0.5) is 0 Å². The SMILES string of the molecule is Cc1ccc(OCC(=O)NC(C)C(C)C)c(CN)n1. The van der Waals surface area contributed by atoms with Crippen molar-refractivity contribution in [3.05, 3.63) is 23.5 Å². The van der Waals surface area contributed by atoms with Gasteiger partial charge in [0.1, 0.15) is 5.75 Å². The molecule has 0 aliphatic carbocycles. The van der Waals surface area contributed by atoms with E-state index >= 15 is 0 Å². The predicted molar refractivity (Wildman–Crippen MR) is 74.8 cm³/mol. The molecule has 5 nitrogen and oxygen atoms in total. The molecule has 0 saturated carbocycles. The van der Waals surface area contributed by atoms with Crippen molar-refractivity contribution in [3.63, 3.8) is 0 Å². The van der Waals surface area contributed by atoms with Gasteiger partial charge in [-0.15, -0.1) is 0 Å². The quantitative estimate of drug-likeness (QED) is 0.815. The number of pyridine rings is 1. The van der Waals surface area contributed by atoms with Crippen molar-refractivity contribution in [3.8, 4) is 5.75 Å². The van der Waals surface area contributed by atoms with E-state index in [2.05, 4.69) is 24.1 Å². The molecular weight excluding hydrogens is 242 g/mol. The predicted octanol–water partition coefficient (Wildman–Crippen LogP) is 1.39. The van der Waals surface area contributed by atoms with Crippen molar-refractivity contribution in [1.29, 1.82) is 0 Å². The summed E-state index contributed by atoms with van der Waals surface area (Å²) >= 11 is 0. The topological polar surface area (TPSA) is 77.2 Å². The fourth-order valence-corrected chi connectivity index (χ4v) is 1.48. The summed E-state index contributed by atoms with van der Waals surface area (Å²) in [5, 5.41) is 2.88. The number of aryl methyl sites for hydroxylation is 1. The smallest absolute Gasteiger partial charge is 0.258 e. The van der Waals surface area contributed by atoms with E-state index in [0.29, 0.717) is 23.9 Å².